The number of aliphatic hydroxyl groups is 1. The monoisotopic (exact) mass is 789 g/mol. The second-order valence-corrected chi connectivity index (χ2v) is 15.2. The Morgan fingerprint density at radius 1 is 0.870 bits per heavy atom. The van der Waals surface area contributed by atoms with Crippen LogP contribution in [0.5, 0.6) is 0 Å². The summed E-state index contributed by atoms with van der Waals surface area (Å²) < 4.78 is 13.6. The van der Waals surface area contributed by atoms with Crippen molar-refractivity contribution in [3.8, 4) is 0 Å². The first-order valence-electron chi connectivity index (χ1n) is 18.3. The van der Waals surface area contributed by atoms with E-state index in [2.05, 4.69) is 21.2 Å². The van der Waals surface area contributed by atoms with Crippen molar-refractivity contribution in [3.05, 3.63) is 137 Å². The van der Waals surface area contributed by atoms with Crippen molar-refractivity contribution >= 4 is 56.1 Å². The average molecular weight is 791 g/mol. The number of hydrogen-bond acceptors (Lipinski definition) is 7. The number of anilines is 1. The second-order valence-electron chi connectivity index (χ2n) is 14.3. The maximum atomic E-state index is 15.5. The van der Waals surface area contributed by atoms with E-state index in [1.54, 1.807) is 30.0 Å². The highest BCUT2D eigenvalue weighted by atomic mass is 79.9. The zero-order valence-corrected chi connectivity index (χ0v) is 31.2. The minimum atomic E-state index is -1.57. The van der Waals surface area contributed by atoms with Gasteiger partial charge in [-0.1, -0.05) is 119 Å². The Labute approximate surface area is 321 Å². The summed E-state index contributed by atoms with van der Waals surface area (Å²) in [6.07, 6.45) is 4.27. The maximum absolute atomic E-state index is 15.5. The molecule has 3 amide bonds. The molecule has 8 atom stereocenters. The zero-order chi connectivity index (χ0) is 37.6. The van der Waals surface area contributed by atoms with Gasteiger partial charge in [-0.15, -0.1) is 0 Å². The number of carbonyl (C=O) groups excluding carboxylic acids is 4. The number of cyclic esters (lactones) is 1. The number of halogens is 1. The third kappa shape index (κ3) is 6.14. The Morgan fingerprint density at radius 3 is 2.31 bits per heavy atom. The van der Waals surface area contributed by atoms with E-state index in [-0.39, 0.29) is 18.9 Å². The Balaban J connectivity index is 1.29. The van der Waals surface area contributed by atoms with Crippen molar-refractivity contribution < 1.29 is 33.8 Å². The number of allylic oxidation sites excluding steroid dienone is 1. The number of rotatable bonds is 5. The molecular weight excluding hydrogens is 750 g/mol. The molecule has 0 radical (unpaired) electrons. The highest BCUT2D eigenvalue weighted by Gasteiger charge is 2.75. The van der Waals surface area contributed by atoms with Gasteiger partial charge >= 0.3 is 5.97 Å². The number of benzene rings is 4. The minimum Gasteiger partial charge on any atom is -0.455 e. The highest BCUT2D eigenvalue weighted by Crippen LogP contribution is 2.60. The zero-order valence-electron chi connectivity index (χ0n) is 29.6. The third-order valence-electron chi connectivity index (χ3n) is 11.1. The van der Waals surface area contributed by atoms with E-state index in [4.69, 9.17) is 9.47 Å². The van der Waals surface area contributed by atoms with Gasteiger partial charge in [0.2, 0.25) is 11.8 Å². The fourth-order valence-electron chi connectivity index (χ4n) is 8.60. The van der Waals surface area contributed by atoms with E-state index in [0.717, 1.165) is 10.8 Å². The lowest BCUT2D eigenvalue weighted by Gasteiger charge is -2.39. The summed E-state index contributed by atoms with van der Waals surface area (Å²) in [5.41, 5.74) is 0.329. The van der Waals surface area contributed by atoms with Crippen LogP contribution in [0.2, 0.25) is 0 Å². The van der Waals surface area contributed by atoms with Gasteiger partial charge in [-0.25, -0.2) is 0 Å². The SMILES string of the molecule is C[C@H]1NC(=O)CC/C=C\CN(c2ccc3ccccc3c2)C(=O)[C@@H]2N([C@H](CO)c3ccccc3)C(=O)[C@H]3[C@H](C(=O)O[C@@H]1c1ccccc1)[C@H]1O[C@@]23C=C1Br. The molecule has 4 aromatic carbocycles. The third-order valence-corrected chi connectivity index (χ3v) is 11.8. The molecule has 11 heteroatoms. The Bertz CT molecular complexity index is 2160. The smallest absolute Gasteiger partial charge is 0.313 e. The van der Waals surface area contributed by atoms with E-state index in [0.29, 0.717) is 27.7 Å². The molecule has 2 N–H and O–H groups in total. The lowest BCUT2D eigenvalue weighted by Crippen LogP contribution is -2.57. The largest absolute Gasteiger partial charge is 0.455 e. The topological polar surface area (TPSA) is 125 Å². The average Bonchev–Trinajstić information content (AvgIpc) is 3.78. The van der Waals surface area contributed by atoms with Crippen LogP contribution in [0.4, 0.5) is 5.69 Å². The Kier molecular flexibility index (Phi) is 9.72. The Morgan fingerprint density at radius 2 is 1.57 bits per heavy atom. The van der Waals surface area contributed by atoms with Gasteiger partial charge in [-0.05, 0) is 53.5 Å². The summed E-state index contributed by atoms with van der Waals surface area (Å²) >= 11 is 3.64. The molecule has 2 saturated heterocycles. The van der Waals surface area contributed by atoms with Crippen LogP contribution >= 0.6 is 15.9 Å². The van der Waals surface area contributed by atoms with Crippen molar-refractivity contribution in [2.75, 3.05) is 18.1 Å². The van der Waals surface area contributed by atoms with Gasteiger partial charge in [0.25, 0.3) is 5.91 Å². The molecule has 8 rings (SSSR count). The lowest BCUT2D eigenvalue weighted by molar-refractivity contribution is -0.161. The van der Waals surface area contributed by atoms with Gasteiger partial charge in [0.15, 0.2) is 0 Å². The molecule has 4 heterocycles. The number of hydrogen-bond donors (Lipinski definition) is 2. The van der Waals surface area contributed by atoms with Crippen molar-refractivity contribution in [1.29, 1.82) is 0 Å². The van der Waals surface area contributed by atoms with Gasteiger partial charge < -0.3 is 29.7 Å². The van der Waals surface area contributed by atoms with Crippen molar-refractivity contribution in [1.82, 2.24) is 10.2 Å². The van der Waals surface area contributed by atoms with Gasteiger partial charge in [0.05, 0.1) is 24.6 Å². The molecule has 0 saturated carbocycles. The van der Waals surface area contributed by atoms with Crippen LogP contribution in [0.25, 0.3) is 10.8 Å². The summed E-state index contributed by atoms with van der Waals surface area (Å²) in [4.78, 5) is 61.4. The molecular formula is C43H40BrN3O7. The second kappa shape index (κ2) is 14.6. The molecule has 0 unspecified atom stereocenters. The molecule has 0 aromatic heterocycles. The van der Waals surface area contributed by atoms with E-state index in [9.17, 15) is 14.7 Å². The standard InChI is InChI=1S/C43H40BrN3O7/c1-26-37(29-16-7-3-8-17-29)53-42(52)35-36-40(50)47(33(25-48)28-14-5-2-6-15-28)39(43(36)24-32(44)38(35)54-43)41(51)46(22-12-4-9-19-34(49)45-26)31-21-20-27-13-10-11-18-30(27)23-31/h2-8,10-18,20-21,23-24,26,33,35-39,48H,9,19,22,25H2,1H3,(H,45,49)/b12-4-/t26-,33-,35+,36-,37+,38+,39+,43-/m1/s1. The number of likely N-dealkylation sites (tertiary alicyclic amines) is 1. The molecule has 4 aliphatic heterocycles. The number of fused-ring (bicyclic) bond motifs is 3. The van der Waals surface area contributed by atoms with Crippen LogP contribution < -0.4 is 10.2 Å². The minimum absolute atomic E-state index is 0.124. The summed E-state index contributed by atoms with van der Waals surface area (Å²) in [6.45, 7) is 1.43. The molecule has 10 nitrogen and oxygen atoms in total. The molecule has 54 heavy (non-hydrogen) atoms. The molecule has 2 fully saturated rings. The first kappa shape index (κ1) is 35.9. The predicted octanol–water partition coefficient (Wildman–Crippen LogP) is 5.92. The van der Waals surface area contributed by atoms with Crippen LogP contribution in [-0.2, 0) is 28.7 Å². The van der Waals surface area contributed by atoms with E-state index in [1.807, 2.05) is 103 Å². The van der Waals surface area contributed by atoms with Crippen molar-refractivity contribution in [2.45, 2.75) is 55.7 Å². The summed E-state index contributed by atoms with van der Waals surface area (Å²) in [5, 5.41) is 15.9. The molecule has 4 aromatic rings. The quantitative estimate of drug-likeness (QED) is 0.190. The number of nitrogens with zero attached hydrogens (tertiary/aromatic N) is 2. The number of nitrogens with one attached hydrogen (secondary N) is 1. The van der Waals surface area contributed by atoms with Gasteiger partial charge in [0, 0.05) is 23.1 Å². The fourth-order valence-corrected chi connectivity index (χ4v) is 9.34. The van der Waals surface area contributed by atoms with E-state index >= 15 is 9.59 Å². The number of aliphatic hydroxyl groups excluding tert-OH is 1. The number of amides is 3. The molecule has 0 aliphatic carbocycles. The summed E-state index contributed by atoms with van der Waals surface area (Å²) in [7, 11) is 0. The van der Waals surface area contributed by atoms with Gasteiger partial charge in [0.1, 0.15) is 29.8 Å². The number of carbonyl (C=O) groups is 4. The van der Waals surface area contributed by atoms with Crippen LogP contribution in [-0.4, -0.2) is 70.6 Å². The number of ether oxygens (including phenoxy) is 2. The summed E-state index contributed by atoms with van der Waals surface area (Å²) in [5.74, 6) is -4.12. The van der Waals surface area contributed by atoms with Crippen molar-refractivity contribution in [3.63, 3.8) is 0 Å². The van der Waals surface area contributed by atoms with Crippen LogP contribution in [0.15, 0.2) is 126 Å². The molecule has 4 aliphatic rings. The maximum Gasteiger partial charge on any atom is 0.313 e. The lowest BCUT2D eigenvalue weighted by atomic mass is 9.74. The van der Waals surface area contributed by atoms with Crippen LogP contribution in [0.3, 0.4) is 0 Å². The van der Waals surface area contributed by atoms with Crippen LogP contribution in [0.1, 0.15) is 43.0 Å². The summed E-state index contributed by atoms with van der Waals surface area (Å²) in [6, 6.07) is 29.0. The van der Waals surface area contributed by atoms with Gasteiger partial charge in [-0.3, -0.25) is 19.2 Å². The molecule has 1 spiro atoms. The number of esters is 1. The van der Waals surface area contributed by atoms with Gasteiger partial charge in [-0.2, -0.15) is 0 Å². The van der Waals surface area contributed by atoms with E-state index in [1.165, 1.54) is 4.90 Å². The van der Waals surface area contributed by atoms with E-state index < -0.39 is 72.2 Å². The van der Waals surface area contributed by atoms with Crippen molar-refractivity contribution in [2.24, 2.45) is 11.8 Å². The first-order valence-corrected chi connectivity index (χ1v) is 19.0. The predicted molar refractivity (Wildman–Crippen MR) is 206 cm³/mol. The molecule has 276 valence electrons. The Hall–Kier alpha value is -5.10. The highest BCUT2D eigenvalue weighted by molar-refractivity contribution is 9.11. The van der Waals surface area contributed by atoms with Crippen LogP contribution in [0, 0.1) is 11.8 Å². The fraction of sp³-hybridized carbons (Fsp3) is 0.302. The first-order chi connectivity index (χ1) is 26.2. The normalized spacial score (nSPS) is 29.8. The molecule has 5 bridgehead atoms.